The lowest BCUT2D eigenvalue weighted by molar-refractivity contribution is 0.238. The second-order valence-electron chi connectivity index (χ2n) is 5.40. The van der Waals surface area contributed by atoms with Gasteiger partial charge in [0.15, 0.2) is 11.6 Å². The Morgan fingerprint density at radius 3 is 2.79 bits per heavy atom. The van der Waals surface area contributed by atoms with Crippen molar-refractivity contribution in [2.24, 2.45) is 5.92 Å². The number of benzene rings is 1. The van der Waals surface area contributed by atoms with Crippen molar-refractivity contribution in [3.05, 3.63) is 29.6 Å². The van der Waals surface area contributed by atoms with Gasteiger partial charge in [0.25, 0.3) is 0 Å². The van der Waals surface area contributed by atoms with E-state index >= 15 is 0 Å². The normalized spacial score (nSPS) is 17.6. The molecule has 0 saturated heterocycles. The summed E-state index contributed by atoms with van der Waals surface area (Å²) in [5.41, 5.74) is 0.917. The Morgan fingerprint density at radius 1 is 1.37 bits per heavy atom. The van der Waals surface area contributed by atoms with Crippen molar-refractivity contribution in [1.82, 2.24) is 5.32 Å². The molecule has 1 N–H and O–H groups in total. The molecule has 2 nitrogen and oxygen atoms in total. The summed E-state index contributed by atoms with van der Waals surface area (Å²) < 4.78 is 19.8. The van der Waals surface area contributed by atoms with Crippen LogP contribution in [0.1, 0.15) is 51.1 Å². The number of halogens is 1. The maximum atomic E-state index is 14.0. The summed E-state index contributed by atoms with van der Waals surface area (Å²) in [6.07, 6.45) is 5.00. The van der Waals surface area contributed by atoms with E-state index in [1.165, 1.54) is 31.7 Å². The monoisotopic (exact) mass is 265 g/mol. The van der Waals surface area contributed by atoms with E-state index in [-0.39, 0.29) is 11.9 Å². The lowest BCUT2D eigenvalue weighted by Gasteiger charge is -2.19. The smallest absolute Gasteiger partial charge is 0.165 e. The largest absolute Gasteiger partial charge is 0.490 e. The lowest BCUT2D eigenvalue weighted by atomic mass is 10.1. The Labute approximate surface area is 115 Å². The van der Waals surface area contributed by atoms with Gasteiger partial charge >= 0.3 is 0 Å². The van der Waals surface area contributed by atoms with E-state index < -0.39 is 0 Å². The van der Waals surface area contributed by atoms with E-state index in [0.717, 1.165) is 12.1 Å². The van der Waals surface area contributed by atoms with Crippen LogP contribution in [0.4, 0.5) is 4.39 Å². The molecule has 0 heterocycles. The number of rotatable bonds is 6. The fourth-order valence-corrected chi connectivity index (χ4v) is 2.81. The molecule has 1 aromatic rings. The highest BCUT2D eigenvalue weighted by atomic mass is 19.1. The SMILES string of the molecule is CCNC(C)c1cccc(F)c1OCC1CCCC1. The molecule has 1 atom stereocenters. The van der Waals surface area contributed by atoms with E-state index in [1.807, 2.05) is 13.0 Å². The quantitative estimate of drug-likeness (QED) is 0.837. The summed E-state index contributed by atoms with van der Waals surface area (Å²) in [5.74, 6) is 0.782. The van der Waals surface area contributed by atoms with Gasteiger partial charge in [-0.05, 0) is 38.3 Å². The zero-order valence-electron chi connectivity index (χ0n) is 11.9. The molecule has 1 aromatic carbocycles. The molecule has 0 amide bonds. The van der Waals surface area contributed by atoms with Crippen molar-refractivity contribution in [2.45, 2.75) is 45.6 Å². The Kier molecular flexibility index (Phi) is 5.20. The van der Waals surface area contributed by atoms with Crippen molar-refractivity contribution < 1.29 is 9.13 Å². The number of hydrogen-bond donors (Lipinski definition) is 1. The van der Waals surface area contributed by atoms with Crippen LogP contribution in [0, 0.1) is 11.7 Å². The molecule has 1 fully saturated rings. The predicted octanol–water partition coefficient (Wildman–Crippen LogP) is 4.07. The summed E-state index contributed by atoms with van der Waals surface area (Å²) in [5, 5.41) is 3.31. The zero-order chi connectivity index (χ0) is 13.7. The van der Waals surface area contributed by atoms with Crippen LogP contribution < -0.4 is 10.1 Å². The zero-order valence-corrected chi connectivity index (χ0v) is 11.9. The van der Waals surface area contributed by atoms with Gasteiger partial charge in [0.1, 0.15) is 0 Å². The van der Waals surface area contributed by atoms with E-state index in [1.54, 1.807) is 6.07 Å². The van der Waals surface area contributed by atoms with Gasteiger partial charge in [-0.2, -0.15) is 0 Å². The Bertz CT molecular complexity index is 402. The highest BCUT2D eigenvalue weighted by molar-refractivity contribution is 5.37. The van der Waals surface area contributed by atoms with Crippen LogP contribution in [0.15, 0.2) is 18.2 Å². The molecule has 1 aliphatic rings. The molecule has 3 heteroatoms. The molecule has 106 valence electrons. The molecule has 0 aromatic heterocycles. The molecule has 0 spiro atoms. The number of hydrogen-bond acceptors (Lipinski definition) is 2. The maximum Gasteiger partial charge on any atom is 0.165 e. The second-order valence-corrected chi connectivity index (χ2v) is 5.40. The van der Waals surface area contributed by atoms with Crippen LogP contribution in [-0.2, 0) is 0 Å². The van der Waals surface area contributed by atoms with Gasteiger partial charge in [0.05, 0.1) is 6.61 Å². The standard InChI is InChI=1S/C16H24FNO/c1-3-18-12(2)14-9-6-10-15(17)16(14)19-11-13-7-4-5-8-13/h6,9-10,12-13,18H,3-5,7-8,11H2,1-2H3. The molecule has 1 aliphatic carbocycles. The van der Waals surface area contributed by atoms with Crippen LogP contribution in [0.2, 0.25) is 0 Å². The third-order valence-electron chi connectivity index (χ3n) is 3.91. The topological polar surface area (TPSA) is 21.3 Å². The van der Waals surface area contributed by atoms with Crippen LogP contribution in [0.3, 0.4) is 0 Å². The first kappa shape index (κ1) is 14.3. The van der Waals surface area contributed by atoms with E-state index in [9.17, 15) is 4.39 Å². The van der Waals surface area contributed by atoms with Crippen LogP contribution in [-0.4, -0.2) is 13.2 Å². The van der Waals surface area contributed by atoms with Gasteiger partial charge < -0.3 is 10.1 Å². The lowest BCUT2D eigenvalue weighted by Crippen LogP contribution is -2.19. The van der Waals surface area contributed by atoms with Gasteiger partial charge in [-0.1, -0.05) is 31.9 Å². The molecule has 2 rings (SSSR count). The fraction of sp³-hybridized carbons (Fsp3) is 0.625. The number of ether oxygens (including phenoxy) is 1. The minimum Gasteiger partial charge on any atom is -0.490 e. The van der Waals surface area contributed by atoms with Gasteiger partial charge in [0.2, 0.25) is 0 Å². The molecule has 19 heavy (non-hydrogen) atoms. The summed E-state index contributed by atoms with van der Waals surface area (Å²) in [4.78, 5) is 0. The summed E-state index contributed by atoms with van der Waals surface area (Å²) in [7, 11) is 0. The molecule has 0 aliphatic heterocycles. The molecular weight excluding hydrogens is 241 g/mol. The summed E-state index contributed by atoms with van der Waals surface area (Å²) >= 11 is 0. The number of nitrogens with one attached hydrogen (secondary N) is 1. The minimum atomic E-state index is -0.250. The van der Waals surface area contributed by atoms with Gasteiger partial charge in [-0.15, -0.1) is 0 Å². The average Bonchev–Trinajstić information content (AvgIpc) is 2.90. The van der Waals surface area contributed by atoms with Crippen LogP contribution in [0.5, 0.6) is 5.75 Å². The predicted molar refractivity (Wildman–Crippen MR) is 75.9 cm³/mol. The van der Waals surface area contributed by atoms with Crippen molar-refractivity contribution in [1.29, 1.82) is 0 Å². The average molecular weight is 265 g/mol. The highest BCUT2D eigenvalue weighted by Crippen LogP contribution is 2.31. The van der Waals surface area contributed by atoms with Crippen molar-refractivity contribution in [2.75, 3.05) is 13.2 Å². The van der Waals surface area contributed by atoms with Crippen molar-refractivity contribution >= 4 is 0 Å². The third kappa shape index (κ3) is 3.69. The molecule has 0 bridgehead atoms. The summed E-state index contributed by atoms with van der Waals surface area (Å²) in [6.45, 7) is 5.60. The van der Waals surface area contributed by atoms with E-state index in [0.29, 0.717) is 18.3 Å². The van der Waals surface area contributed by atoms with Gasteiger partial charge in [-0.25, -0.2) is 4.39 Å². The van der Waals surface area contributed by atoms with Crippen LogP contribution in [0.25, 0.3) is 0 Å². The highest BCUT2D eigenvalue weighted by Gasteiger charge is 2.19. The Hall–Kier alpha value is -1.09. The third-order valence-corrected chi connectivity index (χ3v) is 3.91. The Morgan fingerprint density at radius 2 is 2.11 bits per heavy atom. The summed E-state index contributed by atoms with van der Waals surface area (Å²) in [6, 6.07) is 5.28. The second kappa shape index (κ2) is 6.90. The van der Waals surface area contributed by atoms with E-state index in [2.05, 4.69) is 12.2 Å². The van der Waals surface area contributed by atoms with Crippen LogP contribution >= 0.6 is 0 Å². The van der Waals surface area contributed by atoms with Crippen molar-refractivity contribution in [3.63, 3.8) is 0 Å². The molecule has 0 radical (unpaired) electrons. The van der Waals surface area contributed by atoms with Gasteiger partial charge in [0, 0.05) is 11.6 Å². The van der Waals surface area contributed by atoms with Gasteiger partial charge in [-0.3, -0.25) is 0 Å². The maximum absolute atomic E-state index is 14.0. The molecular formula is C16H24FNO. The Balaban J connectivity index is 2.08. The first-order chi connectivity index (χ1) is 9.22. The number of para-hydroxylation sites is 1. The van der Waals surface area contributed by atoms with E-state index in [4.69, 9.17) is 4.74 Å². The molecule has 1 saturated carbocycles. The first-order valence-corrected chi connectivity index (χ1v) is 7.37. The minimum absolute atomic E-state index is 0.110. The van der Waals surface area contributed by atoms with Crippen molar-refractivity contribution in [3.8, 4) is 5.75 Å². The molecule has 1 unspecified atom stereocenters. The fourth-order valence-electron chi connectivity index (χ4n) is 2.81. The first-order valence-electron chi connectivity index (χ1n) is 7.37.